The van der Waals surface area contributed by atoms with Gasteiger partial charge in [0.25, 0.3) is 0 Å². The van der Waals surface area contributed by atoms with E-state index in [9.17, 15) is 35.1 Å². The predicted octanol–water partition coefficient (Wildman–Crippen LogP) is 10.8. The van der Waals surface area contributed by atoms with Crippen LogP contribution in [0.2, 0.25) is 0 Å². The lowest BCUT2D eigenvalue weighted by Gasteiger charge is -2.39. The van der Waals surface area contributed by atoms with Gasteiger partial charge < -0.3 is 19.3 Å². The Hall–Kier alpha value is -6.04. The minimum Gasteiger partial charge on any atom is -0.497 e. The fraction of sp³-hybridized carbons (Fsp3) is 0.182. The summed E-state index contributed by atoms with van der Waals surface area (Å²) in [4.78, 5) is 3.02. The van der Waals surface area contributed by atoms with Crippen LogP contribution in [-0.4, -0.2) is 27.3 Å². The molecule has 0 spiro atoms. The number of hydrogen-bond acceptors (Lipinski definition) is 4. The van der Waals surface area contributed by atoms with Crippen molar-refractivity contribution >= 4 is 11.4 Å². The Balaban J connectivity index is 0.000000172. The third-order valence-electron chi connectivity index (χ3n) is 10.1. The lowest BCUT2D eigenvalue weighted by Crippen LogP contribution is -2.37. The number of rotatable bonds is 6. The summed E-state index contributed by atoms with van der Waals surface area (Å²) in [6, 6.07) is 21.9. The van der Waals surface area contributed by atoms with Gasteiger partial charge in [-0.3, -0.25) is 0 Å². The topological polar surface area (TPSA) is 24.9 Å². The normalized spacial score (nSPS) is 16.0. The molecule has 4 nitrogen and oxygen atoms in total. The van der Waals surface area contributed by atoms with Crippen LogP contribution in [0.4, 0.5) is 46.5 Å². The standard InChI is InChI=1S/2C22H17F4NO/c2*1-28-15-6-7-16-13(11-15)9-10-27(20-12-14(23)5-8-17(20)24)22(16)21-18(25)3-2-4-19(21)26/h2*2-8,11-12,22H,9-10H2,1H3/t2*22-/m00/s1. The monoisotopic (exact) mass is 774 g/mol. The van der Waals surface area contributed by atoms with Crippen molar-refractivity contribution in [2.24, 2.45) is 0 Å². The summed E-state index contributed by atoms with van der Waals surface area (Å²) < 4.78 is 126. The van der Waals surface area contributed by atoms with Crippen molar-refractivity contribution in [2.75, 3.05) is 37.1 Å². The Morgan fingerprint density at radius 3 is 1.18 bits per heavy atom. The van der Waals surface area contributed by atoms with Crippen LogP contribution < -0.4 is 19.3 Å². The highest BCUT2D eigenvalue weighted by Crippen LogP contribution is 2.44. The first kappa shape index (κ1) is 38.2. The number of anilines is 2. The van der Waals surface area contributed by atoms with Crippen molar-refractivity contribution in [1.29, 1.82) is 0 Å². The van der Waals surface area contributed by atoms with Crippen molar-refractivity contribution in [3.63, 3.8) is 0 Å². The predicted molar refractivity (Wildman–Crippen MR) is 197 cm³/mol. The van der Waals surface area contributed by atoms with Gasteiger partial charge in [-0.25, -0.2) is 35.1 Å². The van der Waals surface area contributed by atoms with E-state index in [0.717, 1.165) is 71.8 Å². The molecule has 0 radical (unpaired) electrons. The van der Waals surface area contributed by atoms with Crippen molar-refractivity contribution in [3.8, 4) is 11.5 Å². The molecule has 6 aromatic carbocycles. The molecule has 0 N–H and O–H groups in total. The first-order valence-corrected chi connectivity index (χ1v) is 17.6. The molecule has 0 unspecified atom stereocenters. The van der Waals surface area contributed by atoms with Gasteiger partial charge in [0.15, 0.2) is 0 Å². The van der Waals surface area contributed by atoms with Gasteiger partial charge in [0, 0.05) is 25.2 Å². The highest BCUT2D eigenvalue weighted by molar-refractivity contribution is 5.59. The molecule has 56 heavy (non-hydrogen) atoms. The number of nitrogens with zero attached hydrogens (tertiary/aromatic N) is 2. The van der Waals surface area contributed by atoms with Crippen molar-refractivity contribution in [2.45, 2.75) is 24.9 Å². The highest BCUT2D eigenvalue weighted by atomic mass is 19.2. The molecule has 12 heteroatoms. The molecule has 0 saturated carbocycles. The quantitative estimate of drug-likeness (QED) is 0.157. The number of benzene rings is 6. The zero-order chi connectivity index (χ0) is 39.7. The van der Waals surface area contributed by atoms with Crippen LogP contribution in [0.15, 0.2) is 109 Å². The second kappa shape index (κ2) is 16.0. The summed E-state index contributed by atoms with van der Waals surface area (Å²) in [7, 11) is 3.07. The van der Waals surface area contributed by atoms with Crippen LogP contribution in [0.1, 0.15) is 45.5 Å². The van der Waals surface area contributed by atoms with E-state index in [1.807, 2.05) is 0 Å². The van der Waals surface area contributed by atoms with E-state index in [-0.39, 0.29) is 35.6 Å². The minimum atomic E-state index is -0.938. The molecule has 0 fully saturated rings. The molecule has 6 aromatic rings. The van der Waals surface area contributed by atoms with Gasteiger partial charge in [-0.2, -0.15) is 0 Å². The lowest BCUT2D eigenvalue weighted by molar-refractivity contribution is 0.413. The average molecular weight is 775 g/mol. The zero-order valence-electron chi connectivity index (χ0n) is 30.1. The van der Waals surface area contributed by atoms with Crippen LogP contribution in [0.3, 0.4) is 0 Å². The van der Waals surface area contributed by atoms with Gasteiger partial charge >= 0.3 is 0 Å². The second-order valence-electron chi connectivity index (χ2n) is 13.3. The van der Waals surface area contributed by atoms with E-state index >= 15 is 0 Å². The molecule has 0 aliphatic carbocycles. The first-order valence-electron chi connectivity index (χ1n) is 17.6. The van der Waals surface area contributed by atoms with Crippen LogP contribution in [0.25, 0.3) is 0 Å². The van der Waals surface area contributed by atoms with E-state index in [0.29, 0.717) is 35.5 Å². The molecule has 2 aliphatic rings. The van der Waals surface area contributed by atoms with Gasteiger partial charge in [0.1, 0.15) is 58.0 Å². The molecule has 2 atom stereocenters. The van der Waals surface area contributed by atoms with Gasteiger partial charge in [-0.15, -0.1) is 0 Å². The van der Waals surface area contributed by atoms with E-state index in [1.165, 1.54) is 36.2 Å². The number of halogens is 8. The third kappa shape index (κ3) is 7.35. The molecule has 2 heterocycles. The maximum atomic E-state index is 14.7. The SMILES string of the molecule is COc1ccc2c(c1)CCN(c1cc(F)ccc1F)[C@@H]2c1c(F)cccc1F.COc1ccc2c(c1)CCN(c1cc(F)ccc1F)[C@@H]2c1c(F)cccc1F. The van der Waals surface area contributed by atoms with Gasteiger partial charge in [-0.05, 0) is 108 Å². The van der Waals surface area contributed by atoms with E-state index in [1.54, 1.807) is 36.4 Å². The molecule has 0 saturated heterocycles. The van der Waals surface area contributed by atoms with E-state index in [2.05, 4.69) is 0 Å². The Morgan fingerprint density at radius 2 is 0.821 bits per heavy atom. The van der Waals surface area contributed by atoms with Crippen molar-refractivity contribution < 1.29 is 44.6 Å². The molecule has 0 bridgehead atoms. The Kier molecular flexibility index (Phi) is 10.9. The second-order valence-corrected chi connectivity index (χ2v) is 13.3. The maximum Gasteiger partial charge on any atom is 0.146 e. The maximum absolute atomic E-state index is 14.7. The fourth-order valence-corrected chi connectivity index (χ4v) is 7.56. The van der Waals surface area contributed by atoms with Gasteiger partial charge in [-0.1, -0.05) is 24.3 Å². The zero-order valence-corrected chi connectivity index (χ0v) is 30.1. The lowest BCUT2D eigenvalue weighted by atomic mass is 9.87. The molecule has 0 aromatic heterocycles. The number of fused-ring (bicyclic) bond motifs is 2. The van der Waals surface area contributed by atoms with E-state index in [4.69, 9.17) is 9.47 Å². The number of ether oxygens (including phenoxy) is 2. The van der Waals surface area contributed by atoms with Crippen molar-refractivity contribution in [1.82, 2.24) is 0 Å². The fourth-order valence-electron chi connectivity index (χ4n) is 7.56. The van der Waals surface area contributed by atoms with Crippen LogP contribution >= 0.6 is 0 Å². The minimum absolute atomic E-state index is 0.0332. The smallest absolute Gasteiger partial charge is 0.146 e. The Bertz CT molecular complexity index is 2200. The Morgan fingerprint density at radius 1 is 0.446 bits per heavy atom. The third-order valence-corrected chi connectivity index (χ3v) is 10.1. The average Bonchev–Trinajstić information content (AvgIpc) is 3.19. The first-order chi connectivity index (χ1) is 27.0. The molecule has 288 valence electrons. The summed E-state index contributed by atoms with van der Waals surface area (Å²) >= 11 is 0. The summed E-state index contributed by atoms with van der Waals surface area (Å²) in [5, 5.41) is 0. The summed E-state index contributed by atoms with van der Waals surface area (Å²) in [5.41, 5.74) is 2.48. The number of hydrogen-bond donors (Lipinski definition) is 0. The van der Waals surface area contributed by atoms with Gasteiger partial charge in [0.2, 0.25) is 0 Å². The van der Waals surface area contributed by atoms with Crippen LogP contribution in [-0.2, 0) is 12.8 Å². The van der Waals surface area contributed by atoms with Gasteiger partial charge in [0.05, 0.1) is 48.8 Å². The van der Waals surface area contributed by atoms with Crippen molar-refractivity contribution in [3.05, 3.63) is 189 Å². The largest absolute Gasteiger partial charge is 0.497 e. The molecule has 2 aliphatic heterocycles. The molecule has 0 amide bonds. The van der Waals surface area contributed by atoms with Crippen LogP contribution in [0, 0.1) is 46.5 Å². The molecule has 8 rings (SSSR count). The summed E-state index contributed by atoms with van der Waals surface area (Å²) in [5.74, 6) is -4.26. The molecular weight excluding hydrogens is 740 g/mol. The van der Waals surface area contributed by atoms with E-state index < -0.39 is 58.6 Å². The summed E-state index contributed by atoms with van der Waals surface area (Å²) in [6.07, 6.45) is 0.990. The number of methoxy groups -OCH3 is 2. The highest BCUT2D eigenvalue weighted by Gasteiger charge is 2.36. The Labute approximate surface area is 318 Å². The summed E-state index contributed by atoms with van der Waals surface area (Å²) in [6.45, 7) is 0.526. The molecular formula is C44H34F8N2O2. The van der Waals surface area contributed by atoms with Crippen LogP contribution in [0.5, 0.6) is 11.5 Å².